The zero-order chi connectivity index (χ0) is 26.6. The van der Waals surface area contributed by atoms with Gasteiger partial charge in [0.1, 0.15) is 5.75 Å². The maximum Gasteiger partial charge on any atom is 0.254 e. The minimum atomic E-state index is -0.0833. The fraction of sp³-hybridized carbons (Fsp3) is 0.286. The number of furan rings is 1. The number of aryl methyl sites for hydroxylation is 1. The van der Waals surface area contributed by atoms with E-state index in [9.17, 15) is 9.59 Å². The molecule has 38 heavy (non-hydrogen) atoms. The van der Waals surface area contributed by atoms with Crippen LogP contribution in [0.2, 0.25) is 0 Å². The molecule has 1 aliphatic heterocycles. The lowest BCUT2D eigenvalue weighted by atomic mass is 10.1. The highest BCUT2D eigenvalue weighted by atomic mass is 32.2. The second-order valence-electron chi connectivity index (χ2n) is 9.16. The molecule has 9 nitrogen and oxygen atoms in total. The van der Waals surface area contributed by atoms with Gasteiger partial charge in [-0.3, -0.25) is 14.2 Å². The number of hydrogen-bond donors (Lipinski definition) is 0. The molecule has 1 unspecified atom stereocenters. The van der Waals surface area contributed by atoms with Crippen LogP contribution in [0.25, 0.3) is 17.3 Å². The first kappa shape index (κ1) is 25.6. The Bertz CT molecular complexity index is 1400. The van der Waals surface area contributed by atoms with Crippen molar-refractivity contribution in [3.05, 3.63) is 78.1 Å². The normalized spacial score (nSPS) is 15.5. The summed E-state index contributed by atoms with van der Waals surface area (Å²) in [6.45, 7) is 5.45. The number of rotatable bonds is 7. The number of nitrogens with zero attached hydrogens (tertiary/aromatic N) is 5. The number of benzene rings is 2. The maximum absolute atomic E-state index is 13.2. The van der Waals surface area contributed by atoms with E-state index in [1.165, 1.54) is 11.8 Å². The molecule has 0 radical (unpaired) electrons. The zero-order valence-corrected chi connectivity index (χ0v) is 22.4. The first-order valence-electron chi connectivity index (χ1n) is 12.4. The number of thioether (sulfide) groups is 1. The molecule has 0 N–H and O–H groups in total. The summed E-state index contributed by atoms with van der Waals surface area (Å²) in [4.78, 5) is 29.8. The Morgan fingerprint density at radius 1 is 1.05 bits per heavy atom. The van der Waals surface area contributed by atoms with Crippen molar-refractivity contribution in [1.29, 1.82) is 0 Å². The van der Waals surface area contributed by atoms with Crippen LogP contribution in [0.3, 0.4) is 0 Å². The number of carbonyl (C=O) groups is 2. The minimum absolute atomic E-state index is 0.00276. The van der Waals surface area contributed by atoms with Gasteiger partial charge in [0.15, 0.2) is 10.9 Å². The van der Waals surface area contributed by atoms with Gasteiger partial charge in [-0.15, -0.1) is 10.2 Å². The molecule has 0 saturated carbocycles. The number of methoxy groups -OCH3 is 1. The summed E-state index contributed by atoms with van der Waals surface area (Å²) in [6.07, 6.45) is 1.59. The van der Waals surface area contributed by atoms with Crippen molar-refractivity contribution in [3.8, 4) is 23.0 Å². The maximum atomic E-state index is 13.2. The largest absolute Gasteiger partial charge is 0.497 e. The molecule has 1 aliphatic rings. The van der Waals surface area contributed by atoms with Crippen LogP contribution in [0, 0.1) is 6.92 Å². The van der Waals surface area contributed by atoms with Crippen molar-refractivity contribution in [2.75, 3.05) is 32.5 Å². The van der Waals surface area contributed by atoms with Gasteiger partial charge in [-0.2, -0.15) is 0 Å². The molecule has 0 spiro atoms. The summed E-state index contributed by atoms with van der Waals surface area (Å²) in [6, 6.07) is 18.7. The Labute approximate surface area is 225 Å². The van der Waals surface area contributed by atoms with E-state index in [0.717, 1.165) is 17.0 Å². The van der Waals surface area contributed by atoms with Gasteiger partial charge in [-0.25, -0.2) is 0 Å². The minimum Gasteiger partial charge on any atom is -0.497 e. The van der Waals surface area contributed by atoms with E-state index in [1.54, 1.807) is 19.4 Å². The Hall–Kier alpha value is -4.05. The number of carbonyl (C=O) groups excluding carboxylic acids is 2. The molecular weight excluding hydrogens is 502 g/mol. The summed E-state index contributed by atoms with van der Waals surface area (Å²) in [5.74, 6) is 2.05. The van der Waals surface area contributed by atoms with Crippen LogP contribution in [0.15, 0.2) is 76.5 Å². The van der Waals surface area contributed by atoms with Crippen LogP contribution in [-0.4, -0.2) is 74.9 Å². The molecule has 5 rings (SSSR count). The van der Waals surface area contributed by atoms with Gasteiger partial charge >= 0.3 is 0 Å². The first-order chi connectivity index (χ1) is 18.4. The fourth-order valence-corrected chi connectivity index (χ4v) is 5.31. The number of amides is 2. The summed E-state index contributed by atoms with van der Waals surface area (Å²) < 4.78 is 12.7. The van der Waals surface area contributed by atoms with Gasteiger partial charge < -0.3 is 19.0 Å². The number of piperazine rings is 1. The lowest BCUT2D eigenvalue weighted by Gasteiger charge is -2.40. The molecule has 0 bridgehead atoms. The number of aromatic nitrogens is 3. The Morgan fingerprint density at radius 3 is 2.47 bits per heavy atom. The lowest BCUT2D eigenvalue weighted by molar-refractivity contribution is -0.130. The highest BCUT2D eigenvalue weighted by Crippen LogP contribution is 2.29. The Kier molecular flexibility index (Phi) is 7.50. The average Bonchev–Trinajstić information content (AvgIpc) is 3.62. The van der Waals surface area contributed by atoms with Crippen molar-refractivity contribution in [3.63, 3.8) is 0 Å². The van der Waals surface area contributed by atoms with Crippen molar-refractivity contribution < 1.29 is 18.7 Å². The molecular formula is C28H29N5O4S. The second-order valence-corrected chi connectivity index (χ2v) is 10.1. The topological polar surface area (TPSA) is 93.7 Å². The first-order valence-corrected chi connectivity index (χ1v) is 13.3. The highest BCUT2D eigenvalue weighted by molar-refractivity contribution is 7.99. The van der Waals surface area contributed by atoms with Gasteiger partial charge in [0, 0.05) is 31.2 Å². The van der Waals surface area contributed by atoms with Crippen LogP contribution >= 0.6 is 11.8 Å². The molecule has 1 saturated heterocycles. The molecule has 3 heterocycles. The van der Waals surface area contributed by atoms with Crippen molar-refractivity contribution >= 4 is 23.6 Å². The quantitative estimate of drug-likeness (QED) is 0.328. The summed E-state index contributed by atoms with van der Waals surface area (Å²) in [5.41, 5.74) is 2.61. The van der Waals surface area contributed by atoms with E-state index in [1.807, 2.05) is 82.8 Å². The summed E-state index contributed by atoms with van der Waals surface area (Å²) in [5, 5.41) is 9.28. The Morgan fingerprint density at radius 2 is 1.82 bits per heavy atom. The monoisotopic (exact) mass is 531 g/mol. The third kappa shape index (κ3) is 5.31. The van der Waals surface area contributed by atoms with Crippen LogP contribution in [0.1, 0.15) is 22.8 Å². The molecule has 2 amide bonds. The zero-order valence-electron chi connectivity index (χ0n) is 21.5. The lowest BCUT2D eigenvalue weighted by Crippen LogP contribution is -2.55. The molecule has 1 fully saturated rings. The predicted octanol–water partition coefficient (Wildman–Crippen LogP) is 4.31. The van der Waals surface area contributed by atoms with E-state index < -0.39 is 0 Å². The summed E-state index contributed by atoms with van der Waals surface area (Å²) >= 11 is 1.32. The SMILES string of the molecule is COc1ccc(-n2c(SCC(=O)N3CCN(C(=O)c4ccc(C)cc4)C(C)C3)nnc2-c2ccco2)cc1. The highest BCUT2D eigenvalue weighted by Gasteiger charge is 2.30. The van der Waals surface area contributed by atoms with Crippen LogP contribution < -0.4 is 4.74 Å². The third-order valence-corrected chi connectivity index (χ3v) is 7.48. The van der Waals surface area contributed by atoms with E-state index in [4.69, 9.17) is 9.15 Å². The number of hydrogen-bond acceptors (Lipinski definition) is 7. The van der Waals surface area contributed by atoms with E-state index in [2.05, 4.69) is 10.2 Å². The third-order valence-electron chi connectivity index (χ3n) is 6.57. The van der Waals surface area contributed by atoms with E-state index in [0.29, 0.717) is 41.9 Å². The average molecular weight is 532 g/mol. The standard InChI is InChI=1S/C28H29N5O4S/c1-19-6-8-21(9-7-19)27(35)32-15-14-31(17-20(32)2)25(34)18-38-28-30-29-26(24-5-4-16-37-24)33(28)22-10-12-23(36-3)13-11-22/h4-13,16,20H,14-15,17-18H2,1-3H3. The predicted molar refractivity (Wildman–Crippen MR) is 145 cm³/mol. The Balaban J connectivity index is 1.27. The molecule has 0 aliphatic carbocycles. The molecule has 1 atom stereocenters. The van der Waals surface area contributed by atoms with Crippen LogP contribution in [-0.2, 0) is 4.79 Å². The van der Waals surface area contributed by atoms with Gasteiger partial charge in [-0.05, 0) is 62.4 Å². The van der Waals surface area contributed by atoms with Crippen molar-refractivity contribution in [2.24, 2.45) is 0 Å². The van der Waals surface area contributed by atoms with E-state index in [-0.39, 0.29) is 23.6 Å². The van der Waals surface area contributed by atoms with Gasteiger partial charge in [0.05, 0.1) is 24.8 Å². The van der Waals surface area contributed by atoms with Crippen molar-refractivity contribution in [1.82, 2.24) is 24.6 Å². The van der Waals surface area contributed by atoms with E-state index >= 15 is 0 Å². The molecule has 196 valence electrons. The second kappa shape index (κ2) is 11.1. The number of ether oxygens (including phenoxy) is 1. The molecule has 4 aromatic rings. The summed E-state index contributed by atoms with van der Waals surface area (Å²) in [7, 11) is 1.62. The smallest absolute Gasteiger partial charge is 0.254 e. The van der Waals surface area contributed by atoms with Crippen molar-refractivity contribution in [2.45, 2.75) is 25.0 Å². The van der Waals surface area contributed by atoms with Crippen LogP contribution in [0.4, 0.5) is 0 Å². The fourth-order valence-electron chi connectivity index (χ4n) is 4.46. The van der Waals surface area contributed by atoms with Gasteiger partial charge in [0.2, 0.25) is 11.7 Å². The molecule has 10 heteroatoms. The van der Waals surface area contributed by atoms with Crippen LogP contribution in [0.5, 0.6) is 5.75 Å². The van der Waals surface area contributed by atoms with Gasteiger partial charge in [0.25, 0.3) is 5.91 Å². The van der Waals surface area contributed by atoms with Gasteiger partial charge in [-0.1, -0.05) is 29.5 Å². The molecule has 2 aromatic carbocycles. The molecule has 2 aromatic heterocycles.